The Balaban J connectivity index is 1.80. The van der Waals surface area contributed by atoms with Crippen LogP contribution in [0.3, 0.4) is 0 Å². The van der Waals surface area contributed by atoms with Crippen LogP contribution >= 0.6 is 0 Å². The van der Waals surface area contributed by atoms with Crippen molar-refractivity contribution in [3.8, 4) is 0 Å². The predicted molar refractivity (Wildman–Crippen MR) is 97.2 cm³/mol. The van der Waals surface area contributed by atoms with Crippen LogP contribution in [0.25, 0.3) is 10.9 Å². The number of carbonyl (C=O) groups is 1. The van der Waals surface area contributed by atoms with Crippen LogP contribution in [-0.2, 0) is 0 Å². The van der Waals surface area contributed by atoms with Gasteiger partial charge in [-0.3, -0.25) is 9.78 Å². The van der Waals surface area contributed by atoms with Crippen LogP contribution in [0.15, 0.2) is 48.8 Å². The van der Waals surface area contributed by atoms with Crippen molar-refractivity contribution in [2.45, 2.75) is 26.7 Å². The number of pyridine rings is 1. The van der Waals surface area contributed by atoms with Crippen molar-refractivity contribution in [2.75, 3.05) is 6.54 Å². The average Bonchev–Trinajstić information content (AvgIpc) is 2.91. The minimum Gasteiger partial charge on any atom is -0.358 e. The Kier molecular flexibility index (Phi) is 4.65. The third-order valence-electron chi connectivity index (χ3n) is 4.52. The average molecular weight is 321 g/mol. The topological polar surface area (TPSA) is 57.8 Å². The molecule has 24 heavy (non-hydrogen) atoms. The van der Waals surface area contributed by atoms with E-state index in [1.54, 1.807) is 6.20 Å². The summed E-state index contributed by atoms with van der Waals surface area (Å²) >= 11 is 0. The van der Waals surface area contributed by atoms with Gasteiger partial charge in [0.05, 0.1) is 5.56 Å². The predicted octanol–water partition coefficient (Wildman–Crippen LogP) is 4.04. The smallest absolute Gasteiger partial charge is 0.253 e. The molecule has 2 N–H and O–H groups in total. The van der Waals surface area contributed by atoms with Crippen LogP contribution in [-0.4, -0.2) is 22.4 Å². The number of hydrogen-bond acceptors (Lipinski definition) is 2. The van der Waals surface area contributed by atoms with Crippen molar-refractivity contribution >= 4 is 16.8 Å². The molecule has 0 saturated heterocycles. The number of nitrogens with zero attached hydrogens (tertiary/aromatic N) is 1. The summed E-state index contributed by atoms with van der Waals surface area (Å²) in [4.78, 5) is 20.2. The fourth-order valence-electron chi connectivity index (χ4n) is 3.19. The van der Waals surface area contributed by atoms with Crippen molar-refractivity contribution in [3.05, 3.63) is 65.6 Å². The van der Waals surface area contributed by atoms with Gasteiger partial charge in [-0.05, 0) is 30.5 Å². The number of hydrogen-bond donors (Lipinski definition) is 2. The molecule has 1 aromatic carbocycles. The summed E-state index contributed by atoms with van der Waals surface area (Å²) in [5, 5.41) is 4.08. The first kappa shape index (κ1) is 16.2. The van der Waals surface area contributed by atoms with Crippen molar-refractivity contribution in [1.29, 1.82) is 0 Å². The Morgan fingerprint density at radius 3 is 2.71 bits per heavy atom. The van der Waals surface area contributed by atoms with Crippen LogP contribution in [0, 0.1) is 12.8 Å². The van der Waals surface area contributed by atoms with E-state index in [9.17, 15) is 4.79 Å². The Morgan fingerprint density at radius 1 is 1.21 bits per heavy atom. The maximum absolute atomic E-state index is 12.8. The zero-order chi connectivity index (χ0) is 17.1. The van der Waals surface area contributed by atoms with Crippen molar-refractivity contribution < 1.29 is 4.79 Å². The summed E-state index contributed by atoms with van der Waals surface area (Å²) in [5.74, 6) is 0.631. The highest BCUT2D eigenvalue weighted by Gasteiger charge is 2.20. The first-order valence-corrected chi connectivity index (χ1v) is 8.33. The van der Waals surface area contributed by atoms with E-state index in [-0.39, 0.29) is 11.8 Å². The van der Waals surface area contributed by atoms with E-state index >= 15 is 0 Å². The van der Waals surface area contributed by atoms with Crippen LogP contribution < -0.4 is 5.32 Å². The lowest BCUT2D eigenvalue weighted by atomic mass is 9.89. The number of aromatic amines is 1. The lowest BCUT2D eigenvalue weighted by Crippen LogP contribution is -2.30. The number of carbonyl (C=O) groups excluding carboxylic acids is 1. The molecule has 0 saturated carbocycles. The number of fused-ring (bicyclic) bond motifs is 1. The van der Waals surface area contributed by atoms with Gasteiger partial charge in [0.15, 0.2) is 0 Å². The van der Waals surface area contributed by atoms with Gasteiger partial charge in [0, 0.05) is 41.5 Å². The summed E-state index contributed by atoms with van der Waals surface area (Å²) in [6.07, 6.45) is 3.66. The number of benzene rings is 1. The molecule has 1 amide bonds. The lowest BCUT2D eigenvalue weighted by molar-refractivity contribution is 0.0950. The lowest BCUT2D eigenvalue weighted by Gasteiger charge is -2.21. The number of para-hydroxylation sites is 1. The highest BCUT2D eigenvalue weighted by Crippen LogP contribution is 2.24. The molecule has 3 rings (SSSR count). The maximum atomic E-state index is 12.8. The second-order valence-electron chi connectivity index (χ2n) is 6.52. The Morgan fingerprint density at radius 2 is 2.00 bits per heavy atom. The summed E-state index contributed by atoms with van der Waals surface area (Å²) in [5.41, 5.74) is 3.78. The van der Waals surface area contributed by atoms with Gasteiger partial charge in [-0.15, -0.1) is 0 Å². The normalized spacial score (nSPS) is 12.5. The van der Waals surface area contributed by atoms with E-state index in [1.165, 1.54) is 0 Å². The van der Waals surface area contributed by atoms with Crippen LogP contribution in [0.5, 0.6) is 0 Å². The van der Waals surface area contributed by atoms with Gasteiger partial charge in [-0.25, -0.2) is 0 Å². The van der Waals surface area contributed by atoms with E-state index in [0.717, 1.165) is 27.7 Å². The van der Waals surface area contributed by atoms with Gasteiger partial charge in [0.2, 0.25) is 0 Å². The molecule has 4 nitrogen and oxygen atoms in total. The molecule has 3 aromatic rings. The fourth-order valence-corrected chi connectivity index (χ4v) is 3.19. The summed E-state index contributed by atoms with van der Waals surface area (Å²) < 4.78 is 0. The molecule has 1 unspecified atom stereocenters. The quantitative estimate of drug-likeness (QED) is 0.745. The molecule has 2 heterocycles. The van der Waals surface area contributed by atoms with Gasteiger partial charge >= 0.3 is 0 Å². The van der Waals surface area contributed by atoms with Crippen molar-refractivity contribution in [1.82, 2.24) is 15.3 Å². The number of rotatable bonds is 5. The summed E-state index contributed by atoms with van der Waals surface area (Å²) in [6.45, 7) is 6.87. The van der Waals surface area contributed by atoms with E-state index in [0.29, 0.717) is 12.5 Å². The van der Waals surface area contributed by atoms with E-state index in [4.69, 9.17) is 0 Å². The molecule has 0 aliphatic rings. The molecule has 0 aliphatic heterocycles. The zero-order valence-corrected chi connectivity index (χ0v) is 14.3. The van der Waals surface area contributed by atoms with E-state index in [1.807, 2.05) is 43.5 Å². The third kappa shape index (κ3) is 3.18. The van der Waals surface area contributed by atoms with E-state index < -0.39 is 0 Å². The second kappa shape index (κ2) is 6.87. The van der Waals surface area contributed by atoms with Crippen molar-refractivity contribution in [3.63, 3.8) is 0 Å². The van der Waals surface area contributed by atoms with Crippen LogP contribution in [0.1, 0.15) is 41.4 Å². The Hall–Kier alpha value is -2.62. The Labute approximate surface area is 142 Å². The molecule has 0 radical (unpaired) electrons. The number of amides is 1. The maximum Gasteiger partial charge on any atom is 0.253 e. The monoisotopic (exact) mass is 321 g/mol. The van der Waals surface area contributed by atoms with Gasteiger partial charge in [-0.2, -0.15) is 0 Å². The standard InChI is InChI=1S/C20H23N3O/c1-13(2)17(15-7-6-10-21-11-15)12-22-20(24)19-14(3)23-18-9-5-4-8-16(18)19/h4-11,13,17,23H,12H2,1-3H3,(H,22,24). The summed E-state index contributed by atoms with van der Waals surface area (Å²) in [6, 6.07) is 11.9. The molecule has 1 atom stereocenters. The SMILES string of the molecule is Cc1[nH]c2ccccc2c1C(=O)NCC(c1cccnc1)C(C)C. The van der Waals surface area contributed by atoms with Gasteiger partial charge < -0.3 is 10.3 Å². The molecular weight excluding hydrogens is 298 g/mol. The van der Waals surface area contributed by atoms with Gasteiger partial charge in [-0.1, -0.05) is 38.1 Å². The zero-order valence-electron chi connectivity index (χ0n) is 14.3. The van der Waals surface area contributed by atoms with Crippen LogP contribution in [0.4, 0.5) is 0 Å². The molecule has 2 aromatic heterocycles. The van der Waals surface area contributed by atoms with Crippen molar-refractivity contribution in [2.24, 2.45) is 5.92 Å². The van der Waals surface area contributed by atoms with Gasteiger partial charge in [0.1, 0.15) is 0 Å². The minimum atomic E-state index is -0.0282. The number of aryl methyl sites for hydroxylation is 1. The summed E-state index contributed by atoms with van der Waals surface area (Å²) in [7, 11) is 0. The molecule has 0 aliphatic carbocycles. The highest BCUT2D eigenvalue weighted by molar-refractivity contribution is 6.08. The molecular formula is C20H23N3O. The first-order chi connectivity index (χ1) is 11.6. The van der Waals surface area contributed by atoms with Gasteiger partial charge in [0.25, 0.3) is 5.91 Å². The van der Waals surface area contributed by atoms with Crippen LogP contribution in [0.2, 0.25) is 0 Å². The number of nitrogens with one attached hydrogen (secondary N) is 2. The molecule has 4 heteroatoms. The highest BCUT2D eigenvalue weighted by atomic mass is 16.1. The number of H-pyrrole nitrogens is 1. The molecule has 0 spiro atoms. The first-order valence-electron chi connectivity index (χ1n) is 8.33. The Bertz CT molecular complexity index is 836. The fraction of sp³-hybridized carbons (Fsp3) is 0.300. The molecule has 0 bridgehead atoms. The minimum absolute atomic E-state index is 0.0282. The molecule has 0 fully saturated rings. The second-order valence-corrected chi connectivity index (χ2v) is 6.52. The molecule has 124 valence electrons. The number of aromatic nitrogens is 2. The largest absolute Gasteiger partial charge is 0.358 e. The van der Waals surface area contributed by atoms with E-state index in [2.05, 4.69) is 35.2 Å². The third-order valence-corrected chi connectivity index (χ3v) is 4.52.